The highest BCUT2D eigenvalue weighted by molar-refractivity contribution is 5.81. The molecule has 0 amide bonds. The number of benzene rings is 1. The molecule has 2 aromatic rings. The molecule has 0 saturated heterocycles. The highest BCUT2D eigenvalue weighted by Gasteiger charge is 2.36. The van der Waals surface area contributed by atoms with Crippen molar-refractivity contribution < 1.29 is 13.2 Å². The molecule has 0 aliphatic heterocycles. The summed E-state index contributed by atoms with van der Waals surface area (Å²) in [5.74, 6) is 0. The fourth-order valence-electron chi connectivity index (χ4n) is 1.69. The van der Waals surface area contributed by atoms with Crippen molar-refractivity contribution in [2.45, 2.75) is 18.6 Å². The molecule has 17 heavy (non-hydrogen) atoms. The maximum atomic E-state index is 12.4. The number of nitrogens with two attached hydrogens (primary N) is 1. The third-order valence-corrected chi connectivity index (χ3v) is 2.60. The van der Waals surface area contributed by atoms with Crippen molar-refractivity contribution in [1.82, 2.24) is 4.98 Å². The number of nitrogens with zero attached hydrogens (tertiary/aromatic N) is 1. The summed E-state index contributed by atoms with van der Waals surface area (Å²) in [5.41, 5.74) is 6.38. The smallest absolute Gasteiger partial charge is 0.320 e. The van der Waals surface area contributed by atoms with Crippen LogP contribution in [0.25, 0.3) is 10.9 Å². The van der Waals surface area contributed by atoms with Crippen LogP contribution in [0, 0.1) is 0 Å². The molecule has 0 radical (unpaired) electrons. The number of halogens is 3. The summed E-state index contributed by atoms with van der Waals surface area (Å²) in [7, 11) is 0. The summed E-state index contributed by atoms with van der Waals surface area (Å²) < 4.78 is 37.2. The summed E-state index contributed by atoms with van der Waals surface area (Å²) in [6, 6.07) is 6.82. The maximum Gasteiger partial charge on any atom is 0.403 e. The van der Waals surface area contributed by atoms with E-state index in [4.69, 9.17) is 5.73 Å². The Kier molecular flexibility index (Phi) is 3.02. The van der Waals surface area contributed by atoms with Crippen molar-refractivity contribution in [3.63, 3.8) is 0 Å². The molecule has 0 bridgehead atoms. The Bertz CT molecular complexity index is 517. The molecule has 0 aliphatic rings. The fraction of sp³-hybridized carbons (Fsp3) is 0.250. The normalized spacial score (nSPS) is 13.9. The second-order valence-electron chi connectivity index (χ2n) is 3.84. The molecule has 2 rings (SSSR count). The van der Waals surface area contributed by atoms with E-state index in [1.165, 1.54) is 6.20 Å². The number of hydrogen-bond donors (Lipinski definition) is 1. The Hall–Kier alpha value is -1.62. The quantitative estimate of drug-likeness (QED) is 0.876. The zero-order valence-corrected chi connectivity index (χ0v) is 8.91. The predicted molar refractivity (Wildman–Crippen MR) is 59.5 cm³/mol. The Balaban J connectivity index is 2.36. The van der Waals surface area contributed by atoms with Crippen LogP contribution in [0.4, 0.5) is 13.2 Å². The first-order valence-electron chi connectivity index (χ1n) is 5.13. The predicted octanol–water partition coefficient (Wildman–Crippen LogP) is 2.67. The zero-order chi connectivity index (χ0) is 12.5. The number of alkyl halides is 3. The highest BCUT2D eigenvalue weighted by Crippen LogP contribution is 2.24. The molecule has 1 atom stereocenters. The van der Waals surface area contributed by atoms with Gasteiger partial charge in [-0.3, -0.25) is 4.98 Å². The molecule has 5 heteroatoms. The minimum Gasteiger partial charge on any atom is -0.320 e. The van der Waals surface area contributed by atoms with E-state index in [9.17, 15) is 13.2 Å². The summed E-state index contributed by atoms with van der Waals surface area (Å²) in [4.78, 5) is 4.09. The van der Waals surface area contributed by atoms with Crippen LogP contribution >= 0.6 is 0 Å². The molecule has 2 nitrogen and oxygen atoms in total. The molecule has 1 aromatic heterocycles. The molecule has 1 heterocycles. The van der Waals surface area contributed by atoms with Crippen LogP contribution in [0.3, 0.4) is 0 Å². The number of fused-ring (bicyclic) bond motifs is 1. The first kappa shape index (κ1) is 11.9. The monoisotopic (exact) mass is 240 g/mol. The second-order valence-corrected chi connectivity index (χ2v) is 3.84. The van der Waals surface area contributed by atoms with Crippen molar-refractivity contribution in [2.75, 3.05) is 0 Å². The van der Waals surface area contributed by atoms with Gasteiger partial charge in [0, 0.05) is 11.6 Å². The van der Waals surface area contributed by atoms with Gasteiger partial charge >= 0.3 is 6.18 Å². The van der Waals surface area contributed by atoms with Crippen LogP contribution < -0.4 is 5.73 Å². The van der Waals surface area contributed by atoms with Crippen molar-refractivity contribution in [3.8, 4) is 0 Å². The lowest BCUT2D eigenvalue weighted by molar-refractivity contribution is -0.147. The van der Waals surface area contributed by atoms with Gasteiger partial charge in [-0.2, -0.15) is 13.2 Å². The van der Waals surface area contributed by atoms with E-state index in [1.54, 1.807) is 30.3 Å². The standard InChI is InChI=1S/C12H11F3N2/c13-12(14,15)11(16)7-8-5-6-17-10-4-2-1-3-9(8)10/h1-6,11H,7,16H2. The van der Waals surface area contributed by atoms with Crippen LogP contribution in [0.2, 0.25) is 0 Å². The van der Waals surface area contributed by atoms with Crippen LogP contribution in [0.15, 0.2) is 36.5 Å². The Morgan fingerprint density at radius 1 is 1.18 bits per heavy atom. The lowest BCUT2D eigenvalue weighted by atomic mass is 10.0. The SMILES string of the molecule is NC(Cc1ccnc2ccccc12)C(F)(F)F. The molecule has 0 fully saturated rings. The summed E-state index contributed by atoms with van der Waals surface area (Å²) in [6.45, 7) is 0. The number of para-hydroxylation sites is 1. The van der Waals surface area contributed by atoms with E-state index in [0.29, 0.717) is 11.1 Å². The van der Waals surface area contributed by atoms with Crippen LogP contribution in [0.5, 0.6) is 0 Å². The Morgan fingerprint density at radius 2 is 1.88 bits per heavy atom. The van der Waals surface area contributed by atoms with E-state index >= 15 is 0 Å². The second kappa shape index (κ2) is 4.33. The van der Waals surface area contributed by atoms with Gasteiger partial charge in [0.25, 0.3) is 0 Å². The van der Waals surface area contributed by atoms with Crippen LogP contribution in [0.1, 0.15) is 5.56 Å². The third kappa shape index (κ3) is 2.55. The Morgan fingerprint density at radius 3 is 2.59 bits per heavy atom. The molecule has 1 unspecified atom stereocenters. The van der Waals surface area contributed by atoms with E-state index in [-0.39, 0.29) is 6.42 Å². The molecule has 0 spiro atoms. The largest absolute Gasteiger partial charge is 0.403 e. The lowest BCUT2D eigenvalue weighted by Crippen LogP contribution is -2.39. The van der Waals surface area contributed by atoms with Gasteiger partial charge in [0.05, 0.1) is 5.52 Å². The number of pyridine rings is 1. The fourth-order valence-corrected chi connectivity index (χ4v) is 1.69. The average molecular weight is 240 g/mol. The average Bonchev–Trinajstić information content (AvgIpc) is 2.28. The lowest BCUT2D eigenvalue weighted by Gasteiger charge is -2.16. The maximum absolute atomic E-state index is 12.4. The number of aromatic nitrogens is 1. The summed E-state index contributed by atoms with van der Waals surface area (Å²) in [6.07, 6.45) is -3.10. The first-order chi connectivity index (χ1) is 7.98. The molecular formula is C12H11F3N2. The van der Waals surface area contributed by atoms with Gasteiger partial charge in [-0.15, -0.1) is 0 Å². The number of hydrogen-bond acceptors (Lipinski definition) is 2. The first-order valence-corrected chi connectivity index (χ1v) is 5.13. The minimum atomic E-state index is -4.37. The third-order valence-electron chi connectivity index (χ3n) is 2.60. The highest BCUT2D eigenvalue weighted by atomic mass is 19.4. The van der Waals surface area contributed by atoms with Crippen molar-refractivity contribution in [1.29, 1.82) is 0 Å². The zero-order valence-electron chi connectivity index (χ0n) is 8.91. The van der Waals surface area contributed by atoms with Crippen molar-refractivity contribution >= 4 is 10.9 Å². The van der Waals surface area contributed by atoms with Gasteiger partial charge in [0.2, 0.25) is 0 Å². The number of rotatable bonds is 2. The van der Waals surface area contributed by atoms with E-state index in [2.05, 4.69) is 4.98 Å². The van der Waals surface area contributed by atoms with Crippen LogP contribution in [-0.4, -0.2) is 17.2 Å². The van der Waals surface area contributed by atoms with Crippen LogP contribution in [-0.2, 0) is 6.42 Å². The summed E-state index contributed by atoms with van der Waals surface area (Å²) in [5, 5.41) is 0.717. The minimum absolute atomic E-state index is 0.230. The topological polar surface area (TPSA) is 38.9 Å². The van der Waals surface area contributed by atoms with Gasteiger partial charge in [-0.1, -0.05) is 18.2 Å². The van der Waals surface area contributed by atoms with E-state index < -0.39 is 12.2 Å². The summed E-state index contributed by atoms with van der Waals surface area (Å²) >= 11 is 0. The van der Waals surface area contributed by atoms with E-state index in [1.807, 2.05) is 0 Å². The van der Waals surface area contributed by atoms with Gasteiger partial charge in [0.1, 0.15) is 6.04 Å². The molecule has 0 saturated carbocycles. The molecule has 1 aromatic carbocycles. The van der Waals surface area contributed by atoms with Crippen molar-refractivity contribution in [3.05, 3.63) is 42.1 Å². The van der Waals surface area contributed by atoms with Gasteiger partial charge in [-0.05, 0) is 24.1 Å². The van der Waals surface area contributed by atoms with Gasteiger partial charge in [0.15, 0.2) is 0 Å². The van der Waals surface area contributed by atoms with Crippen molar-refractivity contribution in [2.24, 2.45) is 5.73 Å². The molecular weight excluding hydrogens is 229 g/mol. The van der Waals surface area contributed by atoms with Gasteiger partial charge in [-0.25, -0.2) is 0 Å². The molecule has 90 valence electrons. The molecule has 0 aliphatic carbocycles. The Labute approximate surface area is 96.3 Å². The van der Waals surface area contributed by atoms with Gasteiger partial charge < -0.3 is 5.73 Å². The van der Waals surface area contributed by atoms with E-state index in [0.717, 1.165) is 5.39 Å². The molecule has 2 N–H and O–H groups in total.